The van der Waals surface area contributed by atoms with Gasteiger partial charge in [0, 0.05) is 6.04 Å². The summed E-state index contributed by atoms with van der Waals surface area (Å²) in [6, 6.07) is 8.87. The first-order chi connectivity index (χ1) is 8.81. The molecule has 0 saturated heterocycles. The van der Waals surface area contributed by atoms with E-state index >= 15 is 0 Å². The number of benzene rings is 1. The van der Waals surface area contributed by atoms with E-state index in [0.717, 1.165) is 19.4 Å². The fourth-order valence-corrected chi connectivity index (χ4v) is 2.56. The van der Waals surface area contributed by atoms with Gasteiger partial charge in [0.2, 0.25) is 0 Å². The molecule has 18 heavy (non-hydrogen) atoms. The Morgan fingerprint density at radius 1 is 1.33 bits per heavy atom. The minimum absolute atomic E-state index is 0.325. The maximum absolute atomic E-state index is 3.97. The van der Waals surface area contributed by atoms with Crippen LogP contribution in [0.15, 0.2) is 30.5 Å². The van der Waals surface area contributed by atoms with E-state index in [1.807, 2.05) is 6.20 Å². The number of hydrogen-bond donors (Lipinski definition) is 1. The zero-order chi connectivity index (χ0) is 12.8. The highest BCUT2D eigenvalue weighted by Crippen LogP contribution is 2.22. The quantitative estimate of drug-likeness (QED) is 0.868. The summed E-state index contributed by atoms with van der Waals surface area (Å²) in [7, 11) is 0. The van der Waals surface area contributed by atoms with Crippen molar-refractivity contribution in [3.8, 4) is 0 Å². The van der Waals surface area contributed by atoms with Gasteiger partial charge in [-0.15, -0.1) is 5.10 Å². The predicted octanol–water partition coefficient (Wildman–Crippen LogP) is 3.13. The predicted molar refractivity (Wildman–Crippen MR) is 75.8 cm³/mol. The summed E-state index contributed by atoms with van der Waals surface area (Å²) >= 11 is 1.48. The first-order valence-electron chi connectivity index (χ1n) is 6.36. The highest BCUT2D eigenvalue weighted by molar-refractivity contribution is 7.05. The van der Waals surface area contributed by atoms with Gasteiger partial charge in [-0.1, -0.05) is 35.7 Å². The Kier molecular flexibility index (Phi) is 4.84. The van der Waals surface area contributed by atoms with Crippen molar-refractivity contribution in [3.63, 3.8) is 0 Å². The summed E-state index contributed by atoms with van der Waals surface area (Å²) in [4.78, 5) is 1.21. The van der Waals surface area contributed by atoms with Gasteiger partial charge in [0.1, 0.15) is 0 Å². The molecule has 0 aliphatic carbocycles. The summed E-state index contributed by atoms with van der Waals surface area (Å²) < 4.78 is 3.97. The summed E-state index contributed by atoms with van der Waals surface area (Å²) in [6.07, 6.45) is 4.00. The van der Waals surface area contributed by atoms with E-state index in [4.69, 9.17) is 0 Å². The average Bonchev–Trinajstić information content (AvgIpc) is 2.90. The number of hydrogen-bond acceptors (Lipinski definition) is 4. The molecule has 0 radical (unpaired) electrons. The third-order valence-corrected chi connectivity index (χ3v) is 3.82. The van der Waals surface area contributed by atoms with E-state index in [1.54, 1.807) is 0 Å². The van der Waals surface area contributed by atoms with Gasteiger partial charge in [0.05, 0.1) is 11.1 Å². The zero-order valence-electron chi connectivity index (χ0n) is 10.9. The largest absolute Gasteiger partial charge is 0.309 e. The zero-order valence-corrected chi connectivity index (χ0v) is 11.7. The van der Waals surface area contributed by atoms with E-state index in [0.29, 0.717) is 6.04 Å². The van der Waals surface area contributed by atoms with Crippen LogP contribution in [0, 0.1) is 6.92 Å². The molecule has 1 N–H and O–H groups in total. The maximum Gasteiger partial charge on any atom is 0.0669 e. The van der Waals surface area contributed by atoms with Gasteiger partial charge in [-0.2, -0.15) is 0 Å². The van der Waals surface area contributed by atoms with Crippen molar-refractivity contribution < 1.29 is 0 Å². The van der Waals surface area contributed by atoms with E-state index in [-0.39, 0.29) is 0 Å². The van der Waals surface area contributed by atoms with Gasteiger partial charge in [-0.05, 0) is 49.0 Å². The minimum Gasteiger partial charge on any atom is -0.309 e. The Morgan fingerprint density at radius 2 is 2.17 bits per heavy atom. The molecule has 2 aromatic rings. The van der Waals surface area contributed by atoms with Gasteiger partial charge in [-0.25, -0.2) is 0 Å². The first kappa shape index (κ1) is 13.2. The molecule has 0 aliphatic rings. The third-order valence-electron chi connectivity index (χ3n) is 3.05. The molecule has 1 atom stereocenters. The highest BCUT2D eigenvalue weighted by Gasteiger charge is 2.14. The van der Waals surface area contributed by atoms with E-state index in [9.17, 15) is 0 Å². The molecule has 1 aromatic carbocycles. The molecule has 3 nitrogen and oxygen atoms in total. The molecular weight excluding hydrogens is 242 g/mol. The average molecular weight is 261 g/mol. The van der Waals surface area contributed by atoms with Crippen LogP contribution in [0.4, 0.5) is 0 Å². The molecule has 0 bridgehead atoms. The van der Waals surface area contributed by atoms with Crippen molar-refractivity contribution >= 4 is 11.5 Å². The van der Waals surface area contributed by atoms with Crippen LogP contribution < -0.4 is 5.32 Å². The Labute approximate surface area is 112 Å². The Bertz CT molecular complexity index is 468. The third kappa shape index (κ3) is 3.37. The topological polar surface area (TPSA) is 37.8 Å². The fourth-order valence-electron chi connectivity index (χ4n) is 1.98. The fraction of sp³-hybridized carbons (Fsp3) is 0.429. The van der Waals surface area contributed by atoms with E-state index < -0.39 is 0 Å². The molecule has 0 saturated carbocycles. The van der Waals surface area contributed by atoms with Crippen LogP contribution in [0.5, 0.6) is 0 Å². The second-order valence-corrected chi connectivity index (χ2v) is 5.27. The second kappa shape index (κ2) is 6.61. The normalized spacial score (nSPS) is 12.6. The molecule has 0 aliphatic heterocycles. The second-order valence-electron chi connectivity index (χ2n) is 4.46. The molecule has 4 heteroatoms. The molecule has 0 fully saturated rings. The first-order valence-corrected chi connectivity index (χ1v) is 7.13. The Morgan fingerprint density at radius 3 is 2.83 bits per heavy atom. The van der Waals surface area contributed by atoms with Crippen LogP contribution in [-0.4, -0.2) is 16.1 Å². The number of rotatable bonds is 6. The Hall–Kier alpha value is -1.26. The lowest BCUT2D eigenvalue weighted by atomic mass is 10.0. The van der Waals surface area contributed by atoms with Crippen LogP contribution in [-0.2, 0) is 6.42 Å². The molecule has 0 amide bonds. The van der Waals surface area contributed by atoms with Crippen molar-refractivity contribution in [2.45, 2.75) is 32.7 Å². The van der Waals surface area contributed by atoms with E-state index in [2.05, 4.69) is 53.0 Å². The molecule has 1 aromatic heterocycles. The smallest absolute Gasteiger partial charge is 0.0669 e. The lowest BCUT2D eigenvalue weighted by molar-refractivity contribution is 0.535. The molecular formula is C14H19N3S. The maximum atomic E-state index is 3.97. The number of nitrogens with zero attached hydrogens (tertiary/aromatic N) is 2. The van der Waals surface area contributed by atoms with Gasteiger partial charge in [-0.3, -0.25) is 0 Å². The van der Waals surface area contributed by atoms with Gasteiger partial charge in [0.25, 0.3) is 0 Å². The van der Waals surface area contributed by atoms with Gasteiger partial charge in [0.15, 0.2) is 0 Å². The lowest BCUT2D eigenvalue weighted by Crippen LogP contribution is -2.23. The van der Waals surface area contributed by atoms with E-state index in [1.165, 1.54) is 27.5 Å². The van der Waals surface area contributed by atoms with Crippen LogP contribution in [0.2, 0.25) is 0 Å². The highest BCUT2D eigenvalue weighted by atomic mass is 32.1. The standard InChI is InChI=1S/C14H19N3S/c1-3-8-15-13(14-10-16-17-18-14)9-12-7-5-4-6-11(12)2/h4-7,10,13,15H,3,8-9H2,1-2H3. The number of aromatic nitrogens is 2. The van der Waals surface area contributed by atoms with Crippen molar-refractivity contribution in [1.29, 1.82) is 0 Å². The summed E-state index contributed by atoms with van der Waals surface area (Å²) in [5.41, 5.74) is 2.73. The van der Waals surface area contributed by atoms with Crippen LogP contribution in [0.1, 0.15) is 35.4 Å². The van der Waals surface area contributed by atoms with Crippen molar-refractivity contribution in [2.75, 3.05) is 6.54 Å². The molecule has 1 unspecified atom stereocenters. The molecule has 2 rings (SSSR count). The molecule has 0 spiro atoms. The monoisotopic (exact) mass is 261 g/mol. The number of aryl methyl sites for hydroxylation is 1. The lowest BCUT2D eigenvalue weighted by Gasteiger charge is -2.17. The van der Waals surface area contributed by atoms with Crippen molar-refractivity contribution in [3.05, 3.63) is 46.5 Å². The minimum atomic E-state index is 0.325. The Balaban J connectivity index is 2.13. The molecule has 96 valence electrons. The van der Waals surface area contributed by atoms with Gasteiger partial charge < -0.3 is 5.32 Å². The summed E-state index contributed by atoms with van der Waals surface area (Å²) in [5, 5.41) is 7.52. The SMILES string of the molecule is CCCNC(Cc1ccccc1C)c1cnns1. The van der Waals surface area contributed by atoms with Crippen LogP contribution >= 0.6 is 11.5 Å². The number of nitrogens with one attached hydrogen (secondary N) is 1. The van der Waals surface area contributed by atoms with Gasteiger partial charge >= 0.3 is 0 Å². The van der Waals surface area contributed by atoms with Crippen molar-refractivity contribution in [1.82, 2.24) is 14.9 Å². The van der Waals surface area contributed by atoms with Crippen LogP contribution in [0.3, 0.4) is 0 Å². The van der Waals surface area contributed by atoms with Crippen molar-refractivity contribution in [2.24, 2.45) is 0 Å². The van der Waals surface area contributed by atoms with Crippen LogP contribution in [0.25, 0.3) is 0 Å². The molecule has 1 heterocycles. The summed E-state index contributed by atoms with van der Waals surface area (Å²) in [6.45, 7) is 5.37. The summed E-state index contributed by atoms with van der Waals surface area (Å²) in [5.74, 6) is 0.